The molecule has 27 heavy (non-hydrogen) atoms. The summed E-state index contributed by atoms with van der Waals surface area (Å²) < 4.78 is 1.82. The Labute approximate surface area is 154 Å². The van der Waals surface area contributed by atoms with Gasteiger partial charge in [-0.15, -0.1) is 10.2 Å². The number of amides is 1. The lowest BCUT2D eigenvalue weighted by molar-refractivity contribution is 0.0705. The van der Waals surface area contributed by atoms with E-state index in [9.17, 15) is 14.7 Å². The summed E-state index contributed by atoms with van der Waals surface area (Å²) in [4.78, 5) is 26.6. The summed E-state index contributed by atoms with van der Waals surface area (Å²) >= 11 is 0. The molecule has 0 bridgehead atoms. The Morgan fingerprint density at radius 2 is 1.93 bits per heavy atom. The van der Waals surface area contributed by atoms with Crippen LogP contribution in [0, 0.1) is 0 Å². The number of aromatic nitrogens is 5. The summed E-state index contributed by atoms with van der Waals surface area (Å²) in [5.41, 5.74) is -0.0345. The van der Waals surface area contributed by atoms with E-state index in [2.05, 4.69) is 20.4 Å². The molecule has 0 aliphatic carbocycles. The van der Waals surface area contributed by atoms with Crippen LogP contribution >= 0.6 is 0 Å². The highest BCUT2D eigenvalue weighted by molar-refractivity contribution is 6.04. The number of likely N-dealkylation sites (tertiary alicyclic amines) is 1. The van der Waals surface area contributed by atoms with Gasteiger partial charge in [0.1, 0.15) is 12.4 Å². The molecule has 0 radical (unpaired) electrons. The van der Waals surface area contributed by atoms with E-state index in [0.29, 0.717) is 29.7 Å². The highest BCUT2D eigenvalue weighted by Crippen LogP contribution is 2.28. The summed E-state index contributed by atoms with van der Waals surface area (Å²) in [7, 11) is 1.84. The van der Waals surface area contributed by atoms with Crippen LogP contribution in [-0.4, -0.2) is 54.0 Å². The number of hydrogen-bond acceptors (Lipinski definition) is 6. The van der Waals surface area contributed by atoms with Crippen molar-refractivity contribution in [2.24, 2.45) is 7.05 Å². The van der Waals surface area contributed by atoms with E-state index < -0.39 is 0 Å². The van der Waals surface area contributed by atoms with Crippen molar-refractivity contribution in [3.63, 3.8) is 0 Å². The molecule has 140 valence electrons. The molecule has 0 unspecified atom stereocenters. The molecular weight excluding hydrogens is 348 g/mol. The van der Waals surface area contributed by atoms with Gasteiger partial charge in [-0.1, -0.05) is 18.2 Å². The van der Waals surface area contributed by atoms with E-state index in [0.717, 1.165) is 18.7 Å². The first kappa shape index (κ1) is 17.3. The third-order valence-corrected chi connectivity index (χ3v) is 5.19. The van der Waals surface area contributed by atoms with Crippen molar-refractivity contribution >= 4 is 16.7 Å². The highest BCUT2D eigenvalue weighted by atomic mass is 16.3. The second kappa shape index (κ2) is 6.92. The van der Waals surface area contributed by atoms with Crippen LogP contribution in [0.5, 0.6) is 0 Å². The maximum absolute atomic E-state index is 13.0. The van der Waals surface area contributed by atoms with E-state index in [1.54, 1.807) is 29.2 Å². The monoisotopic (exact) mass is 368 g/mol. The fourth-order valence-corrected chi connectivity index (χ4v) is 3.64. The molecule has 1 fully saturated rings. The molecule has 3 aromatic rings. The number of aliphatic hydroxyl groups is 1. The fourth-order valence-electron chi connectivity index (χ4n) is 3.64. The number of nitrogens with one attached hydrogen (secondary N) is 1. The number of H-pyrrole nitrogens is 1. The number of nitrogens with zero attached hydrogens (tertiary/aromatic N) is 5. The average Bonchev–Trinajstić information content (AvgIpc) is 3.08. The largest absolute Gasteiger partial charge is 0.388 e. The molecular formula is C18H20N6O3. The van der Waals surface area contributed by atoms with Gasteiger partial charge < -0.3 is 14.6 Å². The zero-order chi connectivity index (χ0) is 19.0. The Balaban J connectivity index is 1.53. The van der Waals surface area contributed by atoms with Crippen molar-refractivity contribution in [3.8, 4) is 0 Å². The SMILES string of the molecule is Cn1c(CO)nnc1C1CCN(C(=O)c2n[nH]c(=O)c3ccccc23)CC1. The van der Waals surface area contributed by atoms with Crippen LogP contribution in [0.25, 0.3) is 10.8 Å². The first-order chi connectivity index (χ1) is 13.1. The molecule has 2 aromatic heterocycles. The number of carbonyl (C=O) groups excluding carboxylic acids is 1. The third kappa shape index (κ3) is 2.99. The smallest absolute Gasteiger partial charge is 0.274 e. The topological polar surface area (TPSA) is 117 Å². The van der Waals surface area contributed by atoms with E-state index in [1.165, 1.54) is 0 Å². The molecule has 0 atom stereocenters. The van der Waals surface area contributed by atoms with E-state index >= 15 is 0 Å². The van der Waals surface area contributed by atoms with Gasteiger partial charge in [0.25, 0.3) is 11.5 Å². The normalized spacial score (nSPS) is 15.4. The summed E-state index contributed by atoms with van der Waals surface area (Å²) in [6.07, 6.45) is 1.51. The lowest BCUT2D eigenvalue weighted by Gasteiger charge is -2.31. The van der Waals surface area contributed by atoms with Crippen molar-refractivity contribution < 1.29 is 9.90 Å². The molecule has 1 aliphatic rings. The van der Waals surface area contributed by atoms with Crippen molar-refractivity contribution in [3.05, 3.63) is 52.0 Å². The van der Waals surface area contributed by atoms with E-state index in [-0.39, 0.29) is 29.7 Å². The van der Waals surface area contributed by atoms with Gasteiger partial charge in [0.05, 0.1) is 5.39 Å². The second-order valence-electron chi connectivity index (χ2n) is 6.70. The maximum atomic E-state index is 13.0. The molecule has 1 aromatic carbocycles. The number of fused-ring (bicyclic) bond motifs is 1. The van der Waals surface area contributed by atoms with Gasteiger partial charge >= 0.3 is 0 Å². The molecule has 9 nitrogen and oxygen atoms in total. The Morgan fingerprint density at radius 1 is 1.22 bits per heavy atom. The summed E-state index contributed by atoms with van der Waals surface area (Å²) in [6, 6.07) is 6.98. The van der Waals surface area contributed by atoms with Gasteiger partial charge in [0.15, 0.2) is 11.5 Å². The van der Waals surface area contributed by atoms with E-state index in [1.807, 2.05) is 11.6 Å². The van der Waals surface area contributed by atoms with Gasteiger partial charge in [0.2, 0.25) is 0 Å². The number of carbonyl (C=O) groups is 1. The molecule has 4 rings (SSSR count). The first-order valence-corrected chi connectivity index (χ1v) is 8.86. The molecule has 1 aliphatic heterocycles. The quantitative estimate of drug-likeness (QED) is 0.698. The standard InChI is InChI=1S/C18H20N6O3/c1-23-14(10-25)19-21-16(23)11-6-8-24(9-7-11)18(27)15-12-4-2-3-5-13(12)17(26)22-20-15/h2-5,11,25H,6-10H2,1H3,(H,22,26). The second-order valence-corrected chi connectivity index (χ2v) is 6.70. The van der Waals surface area contributed by atoms with Crippen molar-refractivity contribution in [1.29, 1.82) is 0 Å². The number of aromatic amines is 1. The number of aliphatic hydroxyl groups excluding tert-OH is 1. The van der Waals surface area contributed by atoms with Gasteiger partial charge in [-0.3, -0.25) is 9.59 Å². The number of rotatable bonds is 3. The Morgan fingerprint density at radius 3 is 2.59 bits per heavy atom. The van der Waals surface area contributed by atoms with Gasteiger partial charge in [-0.25, -0.2) is 5.10 Å². The Bertz CT molecular complexity index is 1050. The molecule has 2 N–H and O–H groups in total. The van der Waals surface area contributed by atoms with Crippen molar-refractivity contribution in [1.82, 2.24) is 29.9 Å². The third-order valence-electron chi connectivity index (χ3n) is 5.19. The van der Waals surface area contributed by atoms with Crippen LogP contribution in [0.3, 0.4) is 0 Å². The van der Waals surface area contributed by atoms with Crippen LogP contribution in [-0.2, 0) is 13.7 Å². The lowest BCUT2D eigenvalue weighted by Crippen LogP contribution is -2.39. The summed E-state index contributed by atoms with van der Waals surface area (Å²) in [6.45, 7) is 0.992. The molecule has 0 spiro atoms. The van der Waals surface area contributed by atoms with Crippen LogP contribution in [0.2, 0.25) is 0 Å². The molecule has 3 heterocycles. The first-order valence-electron chi connectivity index (χ1n) is 8.86. The molecule has 0 saturated carbocycles. The predicted octanol–water partition coefficient (Wildman–Crippen LogP) is 0.564. The molecule has 1 amide bonds. The predicted molar refractivity (Wildman–Crippen MR) is 97.2 cm³/mol. The zero-order valence-corrected chi connectivity index (χ0v) is 14.9. The molecule has 1 saturated heterocycles. The Kier molecular flexibility index (Phi) is 4.44. The van der Waals surface area contributed by atoms with Gasteiger partial charge in [-0.2, -0.15) is 5.10 Å². The zero-order valence-electron chi connectivity index (χ0n) is 14.9. The minimum absolute atomic E-state index is 0.147. The fraction of sp³-hybridized carbons (Fsp3) is 0.389. The number of hydrogen-bond donors (Lipinski definition) is 2. The minimum Gasteiger partial charge on any atom is -0.388 e. The number of piperidine rings is 1. The summed E-state index contributed by atoms with van der Waals surface area (Å²) in [5, 5.41) is 24.9. The molecule has 9 heteroatoms. The van der Waals surface area contributed by atoms with Crippen LogP contribution in [0.1, 0.15) is 40.9 Å². The van der Waals surface area contributed by atoms with Crippen LogP contribution in [0.4, 0.5) is 0 Å². The van der Waals surface area contributed by atoms with E-state index in [4.69, 9.17) is 0 Å². The lowest BCUT2D eigenvalue weighted by atomic mass is 9.95. The van der Waals surface area contributed by atoms with Crippen LogP contribution < -0.4 is 5.56 Å². The van der Waals surface area contributed by atoms with Gasteiger partial charge in [-0.05, 0) is 18.9 Å². The minimum atomic E-state index is -0.303. The van der Waals surface area contributed by atoms with Gasteiger partial charge in [0, 0.05) is 31.4 Å². The van der Waals surface area contributed by atoms with Crippen LogP contribution in [0.15, 0.2) is 29.1 Å². The number of benzene rings is 1. The summed E-state index contributed by atoms with van der Waals surface area (Å²) in [5.74, 6) is 1.37. The maximum Gasteiger partial charge on any atom is 0.274 e. The average molecular weight is 368 g/mol. The Hall–Kier alpha value is -3.07. The van der Waals surface area contributed by atoms with Crippen molar-refractivity contribution in [2.45, 2.75) is 25.4 Å². The highest BCUT2D eigenvalue weighted by Gasteiger charge is 2.29. The van der Waals surface area contributed by atoms with Crippen molar-refractivity contribution in [2.75, 3.05) is 13.1 Å².